The minimum atomic E-state index is -0.266. The van der Waals surface area contributed by atoms with Crippen molar-refractivity contribution < 1.29 is 9.18 Å². The van der Waals surface area contributed by atoms with Crippen molar-refractivity contribution in [2.45, 2.75) is 89.1 Å². The third kappa shape index (κ3) is 3.07. The quantitative estimate of drug-likeness (QED) is 0.676. The van der Waals surface area contributed by atoms with Gasteiger partial charge in [-0.2, -0.15) is 4.98 Å². The monoisotopic (exact) mass is 410 g/mol. The second-order valence-electron chi connectivity index (χ2n) is 9.29. The lowest BCUT2D eigenvalue weighted by atomic mass is 9.64. The Balaban J connectivity index is 1.67. The fraction of sp³-hybridized carbons (Fsp3) is 0.625. The van der Waals surface area contributed by atoms with Crippen molar-refractivity contribution >= 4 is 11.9 Å². The number of fused-ring (bicyclic) bond motifs is 4. The number of carbonyl (C=O) groups excluding carboxylic acids is 1. The Morgan fingerprint density at radius 2 is 1.83 bits per heavy atom. The van der Waals surface area contributed by atoms with Crippen molar-refractivity contribution in [1.82, 2.24) is 14.8 Å². The minimum absolute atomic E-state index is 0.0348. The van der Waals surface area contributed by atoms with Crippen molar-refractivity contribution in [2.75, 3.05) is 4.90 Å². The molecule has 0 saturated heterocycles. The molecule has 0 unspecified atom stereocenters. The Bertz CT molecular complexity index is 916. The third-order valence-electron chi connectivity index (χ3n) is 7.53. The van der Waals surface area contributed by atoms with Crippen LogP contribution in [0.3, 0.4) is 0 Å². The number of aromatic nitrogens is 3. The zero-order chi connectivity index (χ0) is 20.7. The molecule has 2 aromatic rings. The molecule has 1 spiro atoms. The normalized spacial score (nSPS) is 25.1. The zero-order valence-electron chi connectivity index (χ0n) is 17.8. The maximum atomic E-state index is 13.5. The van der Waals surface area contributed by atoms with Crippen LogP contribution in [0.4, 0.5) is 10.3 Å². The second kappa shape index (κ2) is 7.78. The molecule has 5 nitrogen and oxygen atoms in total. The molecule has 2 fully saturated rings. The van der Waals surface area contributed by atoms with Crippen LogP contribution in [0.25, 0.3) is 11.4 Å². The SMILES string of the molecule is CCCC(=O)N1c2nc(-c3ccc(F)cc3)nn2C2(CCCCC2)[C@@H]2CCCC[C@@H]21. The molecular weight excluding hydrogens is 379 g/mol. The van der Waals surface area contributed by atoms with Crippen LogP contribution in [-0.2, 0) is 10.3 Å². The van der Waals surface area contributed by atoms with Crippen molar-refractivity contribution in [3.63, 3.8) is 0 Å². The van der Waals surface area contributed by atoms with Crippen LogP contribution >= 0.6 is 0 Å². The van der Waals surface area contributed by atoms with Crippen molar-refractivity contribution in [2.24, 2.45) is 5.92 Å². The molecule has 0 N–H and O–H groups in total. The number of nitrogens with zero attached hydrogens (tertiary/aromatic N) is 4. The molecule has 160 valence electrons. The standard InChI is InChI=1S/C24H31FN4O/c1-2-8-21(30)28-20-10-5-4-9-19(20)24(15-6-3-7-16-24)29-23(28)26-22(27-29)17-11-13-18(25)14-12-17/h11-14,19-20H,2-10,15-16H2,1H3/t19-,20+/m1/s1. The van der Waals surface area contributed by atoms with Crippen LogP contribution in [0.2, 0.25) is 0 Å². The summed E-state index contributed by atoms with van der Waals surface area (Å²) in [7, 11) is 0. The maximum absolute atomic E-state index is 13.5. The van der Waals surface area contributed by atoms with Crippen molar-refractivity contribution in [3.8, 4) is 11.4 Å². The highest BCUT2D eigenvalue weighted by molar-refractivity contribution is 5.93. The van der Waals surface area contributed by atoms with Crippen molar-refractivity contribution in [1.29, 1.82) is 0 Å². The molecule has 2 atom stereocenters. The molecule has 1 aromatic carbocycles. The van der Waals surface area contributed by atoms with Gasteiger partial charge in [-0.3, -0.25) is 9.69 Å². The Kier molecular flexibility index (Phi) is 5.11. The number of carbonyl (C=O) groups is 1. The van der Waals surface area contributed by atoms with E-state index in [4.69, 9.17) is 10.1 Å². The Morgan fingerprint density at radius 1 is 1.10 bits per heavy atom. The average molecular weight is 411 g/mol. The largest absolute Gasteiger partial charge is 0.277 e. The molecule has 3 aliphatic rings. The number of rotatable bonds is 3. The summed E-state index contributed by atoms with van der Waals surface area (Å²) < 4.78 is 15.6. The summed E-state index contributed by atoms with van der Waals surface area (Å²) in [5.41, 5.74) is 0.766. The van der Waals surface area contributed by atoms with E-state index in [0.717, 1.165) is 43.6 Å². The lowest BCUT2D eigenvalue weighted by Gasteiger charge is -2.55. The molecule has 0 radical (unpaired) electrons. The Labute approximate surface area is 177 Å². The number of hydrogen-bond donors (Lipinski definition) is 0. The summed E-state index contributed by atoms with van der Waals surface area (Å²) >= 11 is 0. The van der Waals surface area contributed by atoms with Crippen LogP contribution in [0.1, 0.15) is 77.6 Å². The number of hydrogen-bond acceptors (Lipinski definition) is 3. The van der Waals surface area contributed by atoms with Gasteiger partial charge in [-0.1, -0.05) is 39.0 Å². The number of benzene rings is 1. The molecule has 5 rings (SSSR count). The number of halogens is 1. The first-order chi connectivity index (χ1) is 14.6. The summed E-state index contributed by atoms with van der Waals surface area (Å²) in [6.45, 7) is 2.05. The summed E-state index contributed by atoms with van der Waals surface area (Å²) in [6.07, 6.45) is 11.9. The average Bonchev–Trinajstić information content (AvgIpc) is 3.21. The summed E-state index contributed by atoms with van der Waals surface area (Å²) in [6, 6.07) is 6.59. The van der Waals surface area contributed by atoms with Gasteiger partial charge in [-0.25, -0.2) is 9.07 Å². The Hall–Kier alpha value is -2.24. The molecule has 2 heterocycles. The topological polar surface area (TPSA) is 51.0 Å². The smallest absolute Gasteiger partial charge is 0.231 e. The fourth-order valence-electron chi connectivity index (χ4n) is 6.21. The van der Waals surface area contributed by atoms with E-state index in [-0.39, 0.29) is 23.3 Å². The molecule has 2 saturated carbocycles. The molecule has 6 heteroatoms. The van der Waals surface area contributed by atoms with Gasteiger partial charge in [-0.15, -0.1) is 5.10 Å². The highest BCUT2D eigenvalue weighted by Gasteiger charge is 2.54. The van der Waals surface area contributed by atoms with E-state index in [1.807, 2.05) is 4.90 Å². The lowest BCUT2D eigenvalue weighted by molar-refractivity contribution is -0.121. The molecule has 0 bridgehead atoms. The van der Waals surface area contributed by atoms with E-state index in [1.165, 1.54) is 44.2 Å². The van der Waals surface area contributed by atoms with E-state index in [0.29, 0.717) is 18.2 Å². The van der Waals surface area contributed by atoms with Gasteiger partial charge in [0.1, 0.15) is 5.82 Å². The van der Waals surface area contributed by atoms with Gasteiger partial charge in [0.05, 0.1) is 5.54 Å². The van der Waals surface area contributed by atoms with Crippen LogP contribution in [0.5, 0.6) is 0 Å². The van der Waals surface area contributed by atoms with Crippen LogP contribution in [-0.4, -0.2) is 26.7 Å². The summed E-state index contributed by atoms with van der Waals surface area (Å²) in [5, 5.41) is 5.00. The first-order valence-electron chi connectivity index (χ1n) is 11.7. The van der Waals surface area contributed by atoms with Gasteiger partial charge < -0.3 is 0 Å². The summed E-state index contributed by atoms with van der Waals surface area (Å²) in [5.74, 6) is 1.67. The highest BCUT2D eigenvalue weighted by atomic mass is 19.1. The third-order valence-corrected chi connectivity index (χ3v) is 7.53. The first kappa shape index (κ1) is 19.7. The lowest BCUT2D eigenvalue weighted by Crippen LogP contribution is -2.61. The van der Waals surface area contributed by atoms with Gasteiger partial charge in [-0.05, 0) is 56.4 Å². The van der Waals surface area contributed by atoms with E-state index in [2.05, 4.69) is 11.6 Å². The molecular formula is C24H31FN4O. The zero-order valence-corrected chi connectivity index (χ0v) is 17.8. The predicted molar refractivity (Wildman–Crippen MR) is 115 cm³/mol. The number of anilines is 1. The first-order valence-corrected chi connectivity index (χ1v) is 11.7. The minimum Gasteiger partial charge on any atom is -0.277 e. The summed E-state index contributed by atoms with van der Waals surface area (Å²) in [4.78, 5) is 20.2. The maximum Gasteiger partial charge on any atom is 0.231 e. The van der Waals surface area contributed by atoms with Gasteiger partial charge >= 0.3 is 0 Å². The van der Waals surface area contributed by atoms with Crippen molar-refractivity contribution in [3.05, 3.63) is 30.1 Å². The molecule has 1 amide bonds. The van der Waals surface area contributed by atoms with E-state index in [1.54, 1.807) is 12.1 Å². The highest BCUT2D eigenvalue weighted by Crippen LogP contribution is 2.53. The number of amides is 1. The molecule has 1 aliphatic heterocycles. The van der Waals surface area contributed by atoms with Gasteiger partial charge in [0.15, 0.2) is 5.82 Å². The van der Waals surface area contributed by atoms with Gasteiger partial charge in [0.2, 0.25) is 11.9 Å². The Morgan fingerprint density at radius 3 is 2.57 bits per heavy atom. The van der Waals surface area contributed by atoms with Gasteiger partial charge in [0.25, 0.3) is 0 Å². The molecule has 2 aliphatic carbocycles. The predicted octanol–water partition coefficient (Wildman–Crippen LogP) is 5.45. The van der Waals surface area contributed by atoms with Crippen LogP contribution in [0, 0.1) is 11.7 Å². The second-order valence-corrected chi connectivity index (χ2v) is 9.29. The van der Waals surface area contributed by atoms with E-state index in [9.17, 15) is 9.18 Å². The van der Waals surface area contributed by atoms with Gasteiger partial charge in [0, 0.05) is 23.9 Å². The van der Waals surface area contributed by atoms with Crippen LogP contribution < -0.4 is 4.90 Å². The fourth-order valence-corrected chi connectivity index (χ4v) is 6.21. The molecule has 1 aromatic heterocycles. The molecule has 30 heavy (non-hydrogen) atoms. The van der Waals surface area contributed by atoms with E-state index >= 15 is 0 Å². The van der Waals surface area contributed by atoms with Crippen LogP contribution in [0.15, 0.2) is 24.3 Å². The van der Waals surface area contributed by atoms with E-state index < -0.39 is 0 Å².